The predicted octanol–water partition coefficient (Wildman–Crippen LogP) is 2.88. The Kier molecular flexibility index (Phi) is 3.07. The molecule has 0 amide bonds. The molecule has 0 saturated carbocycles. The van der Waals surface area contributed by atoms with E-state index < -0.39 is 0 Å². The standard InChI is InChI=1S/C15H18FNO2/c1-10(17-15(2)8-18-9-15)5-11-3-4-14-12(6-11)13(16)7-19-14/h3-4,6-7,10,17H,5,8-9H2,1-2H3. The van der Waals surface area contributed by atoms with Gasteiger partial charge in [0.1, 0.15) is 11.8 Å². The highest BCUT2D eigenvalue weighted by atomic mass is 19.1. The summed E-state index contributed by atoms with van der Waals surface area (Å²) in [5.74, 6) is -0.295. The second kappa shape index (κ2) is 4.62. The van der Waals surface area contributed by atoms with Gasteiger partial charge in [-0.2, -0.15) is 0 Å². The van der Waals surface area contributed by atoms with E-state index in [4.69, 9.17) is 9.15 Å². The lowest BCUT2D eigenvalue weighted by Crippen LogP contribution is -2.60. The third kappa shape index (κ3) is 2.51. The largest absolute Gasteiger partial charge is 0.461 e. The molecular formula is C15H18FNO2. The number of nitrogens with one attached hydrogen (secondary N) is 1. The van der Waals surface area contributed by atoms with E-state index in [1.54, 1.807) is 0 Å². The van der Waals surface area contributed by atoms with Crippen molar-refractivity contribution < 1.29 is 13.5 Å². The van der Waals surface area contributed by atoms with Crippen molar-refractivity contribution in [1.82, 2.24) is 5.32 Å². The molecule has 1 atom stereocenters. The number of ether oxygens (including phenoxy) is 1. The van der Waals surface area contributed by atoms with Crippen LogP contribution in [0.4, 0.5) is 4.39 Å². The highest BCUT2D eigenvalue weighted by molar-refractivity contribution is 5.78. The number of fused-ring (bicyclic) bond motifs is 1. The van der Waals surface area contributed by atoms with Crippen LogP contribution in [0.1, 0.15) is 19.4 Å². The highest BCUT2D eigenvalue weighted by Crippen LogP contribution is 2.22. The topological polar surface area (TPSA) is 34.4 Å². The van der Waals surface area contributed by atoms with Crippen LogP contribution in [0.15, 0.2) is 28.9 Å². The van der Waals surface area contributed by atoms with Crippen molar-refractivity contribution >= 4 is 11.0 Å². The Morgan fingerprint density at radius 1 is 1.42 bits per heavy atom. The Morgan fingerprint density at radius 2 is 2.21 bits per heavy atom. The minimum Gasteiger partial charge on any atom is -0.461 e. The van der Waals surface area contributed by atoms with Gasteiger partial charge in [0.25, 0.3) is 0 Å². The zero-order valence-electron chi connectivity index (χ0n) is 11.2. The third-order valence-electron chi connectivity index (χ3n) is 3.57. The lowest BCUT2D eigenvalue weighted by molar-refractivity contribution is -0.0684. The van der Waals surface area contributed by atoms with E-state index in [9.17, 15) is 4.39 Å². The van der Waals surface area contributed by atoms with Gasteiger partial charge < -0.3 is 14.5 Å². The molecule has 3 rings (SSSR count). The first-order valence-electron chi connectivity index (χ1n) is 6.57. The van der Waals surface area contributed by atoms with E-state index in [2.05, 4.69) is 19.2 Å². The van der Waals surface area contributed by atoms with E-state index in [-0.39, 0.29) is 11.4 Å². The number of furan rings is 1. The Hall–Kier alpha value is -1.39. The summed E-state index contributed by atoms with van der Waals surface area (Å²) in [6.07, 6.45) is 2.01. The highest BCUT2D eigenvalue weighted by Gasteiger charge is 2.33. The molecule has 2 aromatic rings. The molecule has 1 aromatic carbocycles. The van der Waals surface area contributed by atoms with E-state index >= 15 is 0 Å². The fourth-order valence-corrected chi connectivity index (χ4v) is 2.66. The lowest BCUT2D eigenvalue weighted by Gasteiger charge is -2.41. The average Bonchev–Trinajstić information content (AvgIpc) is 2.69. The van der Waals surface area contributed by atoms with Gasteiger partial charge in [-0.3, -0.25) is 0 Å². The van der Waals surface area contributed by atoms with Crippen LogP contribution in [0.2, 0.25) is 0 Å². The lowest BCUT2D eigenvalue weighted by atomic mass is 9.97. The van der Waals surface area contributed by atoms with Gasteiger partial charge in [-0.1, -0.05) is 6.07 Å². The monoisotopic (exact) mass is 263 g/mol. The summed E-state index contributed by atoms with van der Waals surface area (Å²) >= 11 is 0. The molecule has 0 aliphatic carbocycles. The molecule has 2 heterocycles. The number of rotatable bonds is 4. The summed E-state index contributed by atoms with van der Waals surface area (Å²) in [5, 5.41) is 4.11. The molecule has 19 heavy (non-hydrogen) atoms. The molecule has 3 nitrogen and oxygen atoms in total. The third-order valence-corrected chi connectivity index (χ3v) is 3.57. The maximum atomic E-state index is 13.5. The second-order valence-electron chi connectivity index (χ2n) is 5.72. The number of hydrogen-bond donors (Lipinski definition) is 1. The van der Waals surface area contributed by atoms with E-state index in [0.29, 0.717) is 17.0 Å². The quantitative estimate of drug-likeness (QED) is 0.921. The number of halogens is 1. The molecule has 0 radical (unpaired) electrons. The van der Waals surface area contributed by atoms with Crippen molar-refractivity contribution in [2.45, 2.75) is 31.8 Å². The summed E-state index contributed by atoms with van der Waals surface area (Å²) in [5.41, 5.74) is 1.79. The Bertz CT molecular complexity index is 589. The molecule has 0 bridgehead atoms. The van der Waals surface area contributed by atoms with Gasteiger partial charge in [0.05, 0.1) is 24.1 Å². The minimum atomic E-state index is -0.295. The van der Waals surface area contributed by atoms with E-state index in [0.717, 1.165) is 31.5 Å². The maximum Gasteiger partial charge on any atom is 0.169 e. The molecule has 1 aliphatic rings. The van der Waals surface area contributed by atoms with Crippen LogP contribution in [0.3, 0.4) is 0 Å². The first-order valence-corrected chi connectivity index (χ1v) is 6.57. The minimum absolute atomic E-state index is 0.0877. The summed E-state index contributed by atoms with van der Waals surface area (Å²) in [6.45, 7) is 5.81. The summed E-state index contributed by atoms with van der Waals surface area (Å²) in [7, 11) is 0. The van der Waals surface area contributed by atoms with Crippen molar-refractivity contribution in [1.29, 1.82) is 0 Å². The van der Waals surface area contributed by atoms with Gasteiger partial charge >= 0.3 is 0 Å². The van der Waals surface area contributed by atoms with Gasteiger partial charge in [-0.05, 0) is 38.0 Å². The Balaban J connectivity index is 1.71. The molecule has 1 N–H and O–H groups in total. The van der Waals surface area contributed by atoms with E-state index in [1.807, 2.05) is 18.2 Å². The second-order valence-corrected chi connectivity index (χ2v) is 5.72. The van der Waals surface area contributed by atoms with Crippen LogP contribution >= 0.6 is 0 Å². The average molecular weight is 263 g/mol. The van der Waals surface area contributed by atoms with Gasteiger partial charge in [0.2, 0.25) is 0 Å². The van der Waals surface area contributed by atoms with Crippen LogP contribution in [0, 0.1) is 5.82 Å². The van der Waals surface area contributed by atoms with Gasteiger partial charge in [0, 0.05) is 6.04 Å². The first-order chi connectivity index (χ1) is 9.06. The van der Waals surface area contributed by atoms with Crippen LogP contribution in [-0.4, -0.2) is 24.8 Å². The zero-order valence-corrected chi connectivity index (χ0v) is 11.2. The Labute approximate surface area is 111 Å². The van der Waals surface area contributed by atoms with Crippen LogP contribution in [-0.2, 0) is 11.2 Å². The fourth-order valence-electron chi connectivity index (χ4n) is 2.66. The van der Waals surface area contributed by atoms with Gasteiger partial charge in [-0.15, -0.1) is 0 Å². The molecule has 4 heteroatoms. The molecule has 1 aliphatic heterocycles. The molecule has 1 aromatic heterocycles. The van der Waals surface area contributed by atoms with Crippen LogP contribution in [0.25, 0.3) is 11.0 Å². The van der Waals surface area contributed by atoms with Crippen LogP contribution in [0.5, 0.6) is 0 Å². The predicted molar refractivity (Wildman–Crippen MR) is 71.7 cm³/mol. The molecule has 0 spiro atoms. The number of benzene rings is 1. The summed E-state index contributed by atoms with van der Waals surface area (Å²) in [4.78, 5) is 0. The summed E-state index contributed by atoms with van der Waals surface area (Å²) in [6, 6.07) is 6.00. The van der Waals surface area contributed by atoms with Gasteiger partial charge in [0.15, 0.2) is 5.82 Å². The zero-order chi connectivity index (χ0) is 13.5. The van der Waals surface area contributed by atoms with Crippen molar-refractivity contribution in [3.63, 3.8) is 0 Å². The maximum absolute atomic E-state index is 13.5. The molecule has 102 valence electrons. The van der Waals surface area contributed by atoms with Crippen LogP contribution < -0.4 is 5.32 Å². The molecule has 1 saturated heterocycles. The number of hydrogen-bond acceptors (Lipinski definition) is 3. The molecule has 1 fully saturated rings. The van der Waals surface area contributed by atoms with E-state index in [1.165, 1.54) is 0 Å². The fraction of sp³-hybridized carbons (Fsp3) is 0.467. The van der Waals surface area contributed by atoms with Crippen molar-refractivity contribution in [3.8, 4) is 0 Å². The van der Waals surface area contributed by atoms with Crippen molar-refractivity contribution in [2.75, 3.05) is 13.2 Å². The normalized spacial score (nSPS) is 19.3. The van der Waals surface area contributed by atoms with Crippen molar-refractivity contribution in [3.05, 3.63) is 35.8 Å². The van der Waals surface area contributed by atoms with Gasteiger partial charge in [-0.25, -0.2) is 4.39 Å². The Morgan fingerprint density at radius 3 is 2.89 bits per heavy atom. The first kappa shape index (κ1) is 12.6. The SMILES string of the molecule is CC(Cc1ccc2occ(F)c2c1)NC1(C)COC1. The molecular weight excluding hydrogens is 245 g/mol. The summed E-state index contributed by atoms with van der Waals surface area (Å²) < 4.78 is 23.8. The smallest absolute Gasteiger partial charge is 0.169 e. The molecule has 1 unspecified atom stereocenters. The van der Waals surface area contributed by atoms with Crippen molar-refractivity contribution in [2.24, 2.45) is 0 Å².